The Morgan fingerprint density at radius 1 is 1.24 bits per heavy atom. The summed E-state index contributed by atoms with van der Waals surface area (Å²) in [4.78, 5) is 28.2. The van der Waals surface area contributed by atoms with Gasteiger partial charge in [0, 0.05) is 55.0 Å². The lowest BCUT2D eigenvalue weighted by Crippen LogP contribution is -2.32. The van der Waals surface area contributed by atoms with Crippen LogP contribution in [0.1, 0.15) is 37.6 Å². The van der Waals surface area contributed by atoms with Gasteiger partial charge in [0.05, 0.1) is 12.0 Å². The fraction of sp³-hybridized carbons (Fsp3) is 0.364. The average molecular weight is 391 g/mol. The highest BCUT2D eigenvalue weighted by Crippen LogP contribution is 2.24. The largest absolute Gasteiger partial charge is 0.461 e. The van der Waals surface area contributed by atoms with E-state index in [1.807, 2.05) is 51.2 Å². The van der Waals surface area contributed by atoms with E-state index >= 15 is 0 Å². The molecule has 0 fully saturated rings. The Labute approximate surface area is 170 Å². The number of carbonyl (C=O) groups is 1. The van der Waals surface area contributed by atoms with Gasteiger partial charge in [-0.25, -0.2) is 15.0 Å². The van der Waals surface area contributed by atoms with Gasteiger partial charge >= 0.3 is 0 Å². The second-order valence-corrected chi connectivity index (χ2v) is 8.32. The van der Waals surface area contributed by atoms with Crippen LogP contribution in [0, 0.1) is 5.41 Å². The van der Waals surface area contributed by atoms with Crippen LogP contribution in [0.2, 0.25) is 0 Å². The number of nitrogens with one attached hydrogen (secondary N) is 1. The van der Waals surface area contributed by atoms with E-state index in [0.29, 0.717) is 23.9 Å². The molecular formula is C22H25N5O2. The molecule has 1 N–H and O–H groups in total. The van der Waals surface area contributed by atoms with Crippen LogP contribution < -0.4 is 5.32 Å². The molecule has 0 saturated carbocycles. The van der Waals surface area contributed by atoms with E-state index in [1.165, 1.54) is 0 Å². The van der Waals surface area contributed by atoms with Gasteiger partial charge in [0.1, 0.15) is 5.82 Å². The zero-order valence-electron chi connectivity index (χ0n) is 17.0. The summed E-state index contributed by atoms with van der Waals surface area (Å²) in [7, 11) is 0. The molecule has 1 aliphatic heterocycles. The zero-order chi connectivity index (χ0) is 20.4. The molecule has 4 heterocycles. The van der Waals surface area contributed by atoms with Crippen molar-refractivity contribution in [2.75, 3.05) is 11.9 Å². The SMILES string of the molecule is CC(C)(C)C(=O)Nc1ncccc1CN1CCc2nc(-c3ccco3)ncc2C1. The quantitative estimate of drug-likeness (QED) is 0.730. The lowest BCUT2D eigenvalue weighted by Gasteiger charge is -2.28. The molecular weight excluding hydrogens is 366 g/mol. The first-order chi connectivity index (χ1) is 13.9. The number of anilines is 1. The maximum absolute atomic E-state index is 12.4. The van der Waals surface area contributed by atoms with Crippen LogP contribution in [-0.2, 0) is 24.3 Å². The van der Waals surface area contributed by atoms with Gasteiger partial charge in [0.15, 0.2) is 11.6 Å². The van der Waals surface area contributed by atoms with E-state index in [2.05, 4.69) is 25.2 Å². The van der Waals surface area contributed by atoms with Crippen molar-refractivity contribution < 1.29 is 9.21 Å². The third-order valence-electron chi connectivity index (χ3n) is 4.95. The van der Waals surface area contributed by atoms with Crippen LogP contribution in [0.3, 0.4) is 0 Å². The second-order valence-electron chi connectivity index (χ2n) is 8.32. The Bertz CT molecular complexity index is 1010. The maximum atomic E-state index is 12.4. The van der Waals surface area contributed by atoms with Crippen molar-refractivity contribution in [2.45, 2.75) is 40.3 Å². The molecule has 7 heteroatoms. The smallest absolute Gasteiger partial charge is 0.230 e. The summed E-state index contributed by atoms with van der Waals surface area (Å²) >= 11 is 0. The van der Waals surface area contributed by atoms with E-state index in [1.54, 1.807) is 12.5 Å². The van der Waals surface area contributed by atoms with Crippen molar-refractivity contribution in [3.63, 3.8) is 0 Å². The topological polar surface area (TPSA) is 84.2 Å². The molecule has 150 valence electrons. The van der Waals surface area contributed by atoms with Crippen molar-refractivity contribution in [1.82, 2.24) is 19.9 Å². The normalized spacial score (nSPS) is 14.4. The number of rotatable bonds is 4. The predicted molar refractivity (Wildman–Crippen MR) is 110 cm³/mol. The molecule has 0 atom stereocenters. The summed E-state index contributed by atoms with van der Waals surface area (Å²) in [6, 6.07) is 7.62. The number of amides is 1. The van der Waals surface area contributed by atoms with E-state index in [0.717, 1.165) is 36.3 Å². The second kappa shape index (κ2) is 7.75. The van der Waals surface area contributed by atoms with Crippen LogP contribution in [-0.4, -0.2) is 32.3 Å². The highest BCUT2D eigenvalue weighted by atomic mass is 16.3. The molecule has 4 rings (SSSR count). The zero-order valence-corrected chi connectivity index (χ0v) is 17.0. The highest BCUT2D eigenvalue weighted by molar-refractivity contribution is 5.94. The molecule has 0 aliphatic carbocycles. The van der Waals surface area contributed by atoms with Gasteiger partial charge < -0.3 is 9.73 Å². The van der Waals surface area contributed by atoms with Crippen molar-refractivity contribution in [3.8, 4) is 11.6 Å². The summed E-state index contributed by atoms with van der Waals surface area (Å²) in [5.41, 5.74) is 2.72. The maximum Gasteiger partial charge on any atom is 0.230 e. The van der Waals surface area contributed by atoms with E-state index in [-0.39, 0.29) is 5.91 Å². The summed E-state index contributed by atoms with van der Waals surface area (Å²) in [5, 5.41) is 2.97. The lowest BCUT2D eigenvalue weighted by molar-refractivity contribution is -0.123. The molecule has 7 nitrogen and oxygen atoms in total. The van der Waals surface area contributed by atoms with Crippen molar-refractivity contribution in [2.24, 2.45) is 5.41 Å². The van der Waals surface area contributed by atoms with Gasteiger partial charge in [-0.2, -0.15) is 0 Å². The molecule has 1 aliphatic rings. The monoisotopic (exact) mass is 391 g/mol. The van der Waals surface area contributed by atoms with Gasteiger partial charge in [-0.3, -0.25) is 9.69 Å². The Kier molecular flexibility index (Phi) is 5.15. The summed E-state index contributed by atoms with van der Waals surface area (Å²) in [5.74, 6) is 1.90. The van der Waals surface area contributed by atoms with Crippen molar-refractivity contribution in [1.29, 1.82) is 0 Å². The number of aromatic nitrogens is 3. The Hall–Kier alpha value is -3.06. The van der Waals surface area contributed by atoms with Crippen molar-refractivity contribution in [3.05, 3.63) is 59.7 Å². The summed E-state index contributed by atoms with van der Waals surface area (Å²) in [6.07, 6.45) is 6.06. The first-order valence-electron chi connectivity index (χ1n) is 9.76. The predicted octanol–water partition coefficient (Wildman–Crippen LogP) is 3.67. The number of pyridine rings is 1. The van der Waals surface area contributed by atoms with Gasteiger partial charge in [-0.15, -0.1) is 0 Å². The molecule has 0 bridgehead atoms. The average Bonchev–Trinajstić information content (AvgIpc) is 3.23. The van der Waals surface area contributed by atoms with Crippen LogP contribution in [0.15, 0.2) is 47.3 Å². The number of nitrogens with zero attached hydrogens (tertiary/aromatic N) is 4. The fourth-order valence-corrected chi connectivity index (χ4v) is 3.25. The number of hydrogen-bond donors (Lipinski definition) is 1. The molecule has 0 saturated heterocycles. The number of carbonyl (C=O) groups excluding carboxylic acids is 1. The Morgan fingerprint density at radius 2 is 2.10 bits per heavy atom. The Morgan fingerprint density at radius 3 is 2.86 bits per heavy atom. The van der Waals surface area contributed by atoms with E-state index in [4.69, 9.17) is 4.42 Å². The lowest BCUT2D eigenvalue weighted by atomic mass is 9.95. The summed E-state index contributed by atoms with van der Waals surface area (Å²) < 4.78 is 5.40. The molecule has 3 aromatic heterocycles. The minimum absolute atomic E-state index is 0.0414. The van der Waals surface area contributed by atoms with Gasteiger partial charge in [0.25, 0.3) is 0 Å². The Balaban J connectivity index is 1.48. The molecule has 3 aromatic rings. The minimum Gasteiger partial charge on any atom is -0.461 e. The first kappa shape index (κ1) is 19.3. The molecule has 0 radical (unpaired) electrons. The third-order valence-corrected chi connectivity index (χ3v) is 4.95. The number of hydrogen-bond acceptors (Lipinski definition) is 6. The molecule has 0 aromatic carbocycles. The van der Waals surface area contributed by atoms with Crippen LogP contribution in [0.5, 0.6) is 0 Å². The number of furan rings is 1. The van der Waals surface area contributed by atoms with Crippen LogP contribution in [0.25, 0.3) is 11.6 Å². The highest BCUT2D eigenvalue weighted by Gasteiger charge is 2.24. The van der Waals surface area contributed by atoms with Gasteiger partial charge in [0.2, 0.25) is 5.91 Å². The van der Waals surface area contributed by atoms with Crippen LogP contribution >= 0.6 is 0 Å². The molecule has 0 unspecified atom stereocenters. The van der Waals surface area contributed by atoms with Gasteiger partial charge in [-0.05, 0) is 18.2 Å². The van der Waals surface area contributed by atoms with Crippen molar-refractivity contribution >= 4 is 11.7 Å². The van der Waals surface area contributed by atoms with Gasteiger partial charge in [-0.1, -0.05) is 26.8 Å². The molecule has 29 heavy (non-hydrogen) atoms. The number of fused-ring (bicyclic) bond motifs is 1. The third kappa shape index (κ3) is 4.35. The molecule has 1 amide bonds. The van der Waals surface area contributed by atoms with E-state index < -0.39 is 5.41 Å². The van der Waals surface area contributed by atoms with Crippen LogP contribution in [0.4, 0.5) is 5.82 Å². The standard InChI is InChI=1S/C22H25N5O2/c1-22(2,3)21(28)26-19-15(6-4-9-23-19)13-27-10-8-17-16(14-27)12-24-20(25-17)18-7-5-11-29-18/h4-7,9,11-12H,8,10,13-14H2,1-3H3,(H,23,26,28). The minimum atomic E-state index is -0.470. The first-order valence-corrected chi connectivity index (χ1v) is 9.76. The fourth-order valence-electron chi connectivity index (χ4n) is 3.25. The molecule has 0 spiro atoms. The summed E-state index contributed by atoms with van der Waals surface area (Å²) in [6.45, 7) is 8.02. The van der Waals surface area contributed by atoms with E-state index in [9.17, 15) is 4.79 Å².